The van der Waals surface area contributed by atoms with Crippen LogP contribution in [-0.4, -0.2) is 19.1 Å². The summed E-state index contributed by atoms with van der Waals surface area (Å²) in [6.07, 6.45) is 0. The number of thiazole rings is 1. The largest absolute Gasteiger partial charge is 0.354 e. The molecule has 0 spiro atoms. The maximum Gasteiger partial charge on any atom is 0.185 e. The second-order valence-electron chi connectivity index (χ2n) is 2.89. The van der Waals surface area contributed by atoms with Gasteiger partial charge in [0.2, 0.25) is 0 Å². The summed E-state index contributed by atoms with van der Waals surface area (Å²) >= 11 is 3.40. The van der Waals surface area contributed by atoms with Gasteiger partial charge in [-0.05, 0) is 11.4 Å². The SMILES string of the molecule is CN(C)c1nc(-c2cccs2)cs1. The zero-order valence-electron chi connectivity index (χ0n) is 7.52. The van der Waals surface area contributed by atoms with E-state index in [2.05, 4.69) is 27.9 Å². The van der Waals surface area contributed by atoms with E-state index in [1.807, 2.05) is 19.0 Å². The van der Waals surface area contributed by atoms with E-state index in [9.17, 15) is 0 Å². The van der Waals surface area contributed by atoms with Crippen LogP contribution < -0.4 is 4.90 Å². The van der Waals surface area contributed by atoms with Crippen molar-refractivity contribution in [2.75, 3.05) is 19.0 Å². The summed E-state index contributed by atoms with van der Waals surface area (Å²) in [6.45, 7) is 0. The Morgan fingerprint density at radius 1 is 1.31 bits per heavy atom. The van der Waals surface area contributed by atoms with Crippen LogP contribution in [0.4, 0.5) is 5.13 Å². The van der Waals surface area contributed by atoms with Gasteiger partial charge in [0.25, 0.3) is 0 Å². The average molecular weight is 210 g/mol. The van der Waals surface area contributed by atoms with Crippen molar-refractivity contribution >= 4 is 27.8 Å². The Balaban J connectivity index is 2.33. The molecule has 0 aromatic carbocycles. The van der Waals surface area contributed by atoms with Crippen LogP contribution in [-0.2, 0) is 0 Å². The van der Waals surface area contributed by atoms with Crippen LogP contribution in [0.1, 0.15) is 0 Å². The predicted octanol–water partition coefficient (Wildman–Crippen LogP) is 2.94. The van der Waals surface area contributed by atoms with Gasteiger partial charge in [0, 0.05) is 19.5 Å². The molecule has 0 aliphatic rings. The number of nitrogens with zero attached hydrogens (tertiary/aromatic N) is 2. The number of hydrogen-bond acceptors (Lipinski definition) is 4. The molecular formula is C9H10N2S2. The van der Waals surface area contributed by atoms with Gasteiger partial charge in [0.15, 0.2) is 5.13 Å². The standard InChI is InChI=1S/C9H10N2S2/c1-11(2)9-10-7(6-13-9)8-4-3-5-12-8/h3-6H,1-2H3. The summed E-state index contributed by atoms with van der Waals surface area (Å²) < 4.78 is 0. The first-order valence-corrected chi connectivity index (χ1v) is 5.70. The predicted molar refractivity (Wildman–Crippen MR) is 59.8 cm³/mol. The Bertz CT molecular complexity index is 376. The van der Waals surface area contributed by atoms with Crippen molar-refractivity contribution in [3.63, 3.8) is 0 Å². The van der Waals surface area contributed by atoms with Gasteiger partial charge in [0.1, 0.15) is 0 Å². The van der Waals surface area contributed by atoms with Crippen molar-refractivity contribution in [1.82, 2.24) is 4.98 Å². The van der Waals surface area contributed by atoms with Crippen LogP contribution in [0.25, 0.3) is 10.6 Å². The molecule has 2 heterocycles. The van der Waals surface area contributed by atoms with Crippen LogP contribution >= 0.6 is 22.7 Å². The summed E-state index contributed by atoms with van der Waals surface area (Å²) in [5, 5.41) is 5.23. The molecule has 2 rings (SSSR count). The van der Waals surface area contributed by atoms with E-state index in [0.717, 1.165) is 10.8 Å². The number of anilines is 1. The molecule has 68 valence electrons. The molecule has 0 atom stereocenters. The Kier molecular flexibility index (Phi) is 2.33. The van der Waals surface area contributed by atoms with E-state index in [1.54, 1.807) is 22.7 Å². The first-order valence-electron chi connectivity index (χ1n) is 3.94. The lowest BCUT2D eigenvalue weighted by atomic mass is 10.4. The summed E-state index contributed by atoms with van der Waals surface area (Å²) in [4.78, 5) is 7.78. The van der Waals surface area contributed by atoms with E-state index in [0.29, 0.717) is 0 Å². The molecule has 0 bridgehead atoms. The number of thiophene rings is 1. The van der Waals surface area contributed by atoms with Gasteiger partial charge in [-0.15, -0.1) is 22.7 Å². The monoisotopic (exact) mass is 210 g/mol. The van der Waals surface area contributed by atoms with Gasteiger partial charge in [-0.3, -0.25) is 0 Å². The zero-order chi connectivity index (χ0) is 9.26. The van der Waals surface area contributed by atoms with Crippen molar-refractivity contribution in [3.05, 3.63) is 22.9 Å². The third-order valence-corrected chi connectivity index (χ3v) is 3.55. The number of hydrogen-bond donors (Lipinski definition) is 0. The van der Waals surface area contributed by atoms with Gasteiger partial charge in [0.05, 0.1) is 10.6 Å². The van der Waals surface area contributed by atoms with E-state index >= 15 is 0 Å². The normalized spacial score (nSPS) is 10.3. The molecule has 0 unspecified atom stereocenters. The van der Waals surface area contributed by atoms with Crippen molar-refractivity contribution in [2.24, 2.45) is 0 Å². The van der Waals surface area contributed by atoms with Gasteiger partial charge in [-0.25, -0.2) is 4.98 Å². The molecular weight excluding hydrogens is 200 g/mol. The quantitative estimate of drug-likeness (QED) is 0.757. The Morgan fingerprint density at radius 2 is 2.15 bits per heavy atom. The summed E-state index contributed by atoms with van der Waals surface area (Å²) in [7, 11) is 4.02. The molecule has 13 heavy (non-hydrogen) atoms. The smallest absolute Gasteiger partial charge is 0.185 e. The highest BCUT2D eigenvalue weighted by molar-refractivity contribution is 7.15. The molecule has 0 saturated carbocycles. The van der Waals surface area contributed by atoms with Crippen molar-refractivity contribution in [3.8, 4) is 10.6 Å². The fourth-order valence-electron chi connectivity index (χ4n) is 1.01. The van der Waals surface area contributed by atoms with Gasteiger partial charge >= 0.3 is 0 Å². The third kappa shape index (κ3) is 1.73. The fourth-order valence-corrected chi connectivity index (χ4v) is 2.53. The van der Waals surface area contributed by atoms with E-state index in [1.165, 1.54) is 4.88 Å². The van der Waals surface area contributed by atoms with Crippen LogP contribution in [0.3, 0.4) is 0 Å². The Morgan fingerprint density at radius 3 is 2.69 bits per heavy atom. The molecule has 2 aromatic heterocycles. The molecule has 0 radical (unpaired) electrons. The molecule has 0 aliphatic heterocycles. The van der Waals surface area contributed by atoms with Crippen LogP contribution in [0, 0.1) is 0 Å². The lowest BCUT2D eigenvalue weighted by molar-refractivity contribution is 1.11. The maximum absolute atomic E-state index is 4.51. The number of rotatable bonds is 2. The highest BCUT2D eigenvalue weighted by atomic mass is 32.1. The first kappa shape index (κ1) is 8.72. The zero-order valence-corrected chi connectivity index (χ0v) is 9.15. The van der Waals surface area contributed by atoms with Crippen LogP contribution in [0.15, 0.2) is 22.9 Å². The molecule has 0 aliphatic carbocycles. The Labute approximate surface area is 85.5 Å². The first-order chi connectivity index (χ1) is 6.27. The highest BCUT2D eigenvalue weighted by Gasteiger charge is 2.05. The summed E-state index contributed by atoms with van der Waals surface area (Å²) in [5.74, 6) is 0. The van der Waals surface area contributed by atoms with E-state index in [4.69, 9.17) is 0 Å². The van der Waals surface area contributed by atoms with Gasteiger partial charge in [-0.1, -0.05) is 6.07 Å². The molecule has 0 saturated heterocycles. The molecule has 0 amide bonds. The highest BCUT2D eigenvalue weighted by Crippen LogP contribution is 2.28. The number of aromatic nitrogens is 1. The Hall–Kier alpha value is -0.870. The van der Waals surface area contributed by atoms with Crippen molar-refractivity contribution in [1.29, 1.82) is 0 Å². The molecule has 0 fully saturated rings. The molecule has 2 aromatic rings. The second-order valence-corrected chi connectivity index (χ2v) is 4.67. The van der Waals surface area contributed by atoms with E-state index in [-0.39, 0.29) is 0 Å². The van der Waals surface area contributed by atoms with Gasteiger partial charge in [-0.2, -0.15) is 0 Å². The summed E-state index contributed by atoms with van der Waals surface area (Å²) in [5.41, 5.74) is 1.09. The minimum Gasteiger partial charge on any atom is -0.354 e. The van der Waals surface area contributed by atoms with Crippen LogP contribution in [0.2, 0.25) is 0 Å². The fraction of sp³-hybridized carbons (Fsp3) is 0.222. The lowest BCUT2D eigenvalue weighted by Crippen LogP contribution is -2.07. The summed E-state index contributed by atoms with van der Waals surface area (Å²) in [6, 6.07) is 4.15. The molecule has 2 nitrogen and oxygen atoms in total. The van der Waals surface area contributed by atoms with E-state index < -0.39 is 0 Å². The third-order valence-electron chi connectivity index (χ3n) is 1.65. The van der Waals surface area contributed by atoms with Crippen molar-refractivity contribution in [2.45, 2.75) is 0 Å². The minimum atomic E-state index is 1.06. The van der Waals surface area contributed by atoms with Crippen molar-refractivity contribution < 1.29 is 0 Å². The molecule has 4 heteroatoms. The molecule has 0 N–H and O–H groups in total. The van der Waals surface area contributed by atoms with Gasteiger partial charge < -0.3 is 4.90 Å². The average Bonchev–Trinajstić information content (AvgIpc) is 2.75. The topological polar surface area (TPSA) is 16.1 Å². The minimum absolute atomic E-state index is 1.06. The maximum atomic E-state index is 4.51. The second kappa shape index (κ2) is 3.47. The lowest BCUT2D eigenvalue weighted by Gasteiger charge is -2.05. The van der Waals surface area contributed by atoms with Crippen LogP contribution in [0.5, 0.6) is 0 Å².